The Morgan fingerprint density at radius 3 is 2.14 bits per heavy atom. The van der Waals surface area contributed by atoms with E-state index in [1.165, 1.54) is 78.9 Å². The Hall–Kier alpha value is -5.94. The number of nitrogens with two attached hydrogens (primary N) is 2. The first-order chi connectivity index (χ1) is 23.7. The molecule has 14 nitrogen and oxygen atoms in total. The van der Waals surface area contributed by atoms with Crippen molar-refractivity contribution < 1.29 is 46.1 Å². The number of sulfonamides is 2. The Kier molecular flexibility index (Phi) is 7.56. The monoisotopic (exact) mass is 714 g/mol. The van der Waals surface area contributed by atoms with Crippen molar-refractivity contribution in [3.8, 4) is 23.0 Å². The minimum Gasteiger partial charge on any atom is -0.508 e. The van der Waals surface area contributed by atoms with Gasteiger partial charge in [0, 0.05) is 35.9 Å². The number of primary amides is 1. The minimum atomic E-state index is -4.11. The van der Waals surface area contributed by atoms with Gasteiger partial charge in [0.2, 0.25) is 20.0 Å². The van der Waals surface area contributed by atoms with E-state index >= 15 is 0 Å². The molecule has 2 heterocycles. The van der Waals surface area contributed by atoms with Crippen LogP contribution >= 0.6 is 0 Å². The average molecular weight is 715 g/mol. The van der Waals surface area contributed by atoms with E-state index in [9.17, 15) is 36.6 Å². The minimum absolute atomic E-state index is 0.00524. The number of rotatable bonds is 7. The molecule has 7 rings (SSSR count). The molecule has 0 saturated heterocycles. The van der Waals surface area contributed by atoms with Gasteiger partial charge in [-0.3, -0.25) is 4.90 Å². The van der Waals surface area contributed by atoms with Gasteiger partial charge < -0.3 is 25.4 Å². The van der Waals surface area contributed by atoms with Crippen LogP contribution in [0.1, 0.15) is 32.6 Å². The lowest BCUT2D eigenvalue weighted by Gasteiger charge is -2.39. The van der Waals surface area contributed by atoms with Crippen LogP contribution in [0.15, 0.2) is 113 Å². The van der Waals surface area contributed by atoms with Crippen LogP contribution < -0.4 is 25.2 Å². The molecule has 254 valence electrons. The quantitative estimate of drug-likeness (QED) is 0.152. The van der Waals surface area contributed by atoms with Crippen molar-refractivity contribution in [1.29, 1.82) is 0 Å². The van der Waals surface area contributed by atoms with Gasteiger partial charge in [0.1, 0.15) is 23.0 Å². The summed E-state index contributed by atoms with van der Waals surface area (Å²) in [5.74, 6) is -1.02. The number of nitrogens with one attached hydrogen (secondary N) is 1. The number of esters is 1. The van der Waals surface area contributed by atoms with Gasteiger partial charge in [-0.25, -0.2) is 36.3 Å². The van der Waals surface area contributed by atoms with Crippen molar-refractivity contribution in [3.05, 3.63) is 131 Å². The Morgan fingerprint density at radius 2 is 1.46 bits per heavy atom. The summed E-state index contributed by atoms with van der Waals surface area (Å²) in [5.41, 5.74) is 5.84. The lowest BCUT2D eigenvalue weighted by molar-refractivity contribution is 0.0226. The van der Waals surface area contributed by atoms with E-state index in [0.29, 0.717) is 16.7 Å². The second-order valence-corrected chi connectivity index (χ2v) is 14.7. The van der Waals surface area contributed by atoms with Crippen LogP contribution in [0, 0.1) is 0 Å². The summed E-state index contributed by atoms with van der Waals surface area (Å²) in [6, 6.07) is 22.8. The maximum Gasteiger partial charge on any atom is 0.340 e. The molecule has 7 N–H and O–H groups in total. The van der Waals surface area contributed by atoms with E-state index in [-0.39, 0.29) is 61.8 Å². The van der Waals surface area contributed by atoms with Crippen molar-refractivity contribution in [2.75, 3.05) is 4.90 Å². The highest BCUT2D eigenvalue weighted by Crippen LogP contribution is 2.60. The molecule has 2 amide bonds. The van der Waals surface area contributed by atoms with Crippen molar-refractivity contribution in [2.24, 2.45) is 10.9 Å². The SMILES string of the molecule is NC(=O)N(c1ccc(S(=O)(=O)NCc2ccc(S(N)(=O)=O)cc2)cc1)c1cc(O)cc2c1C1(OC(=O)c3ccccc31)c1ccc(O)cc1O2. The Bertz CT molecular complexity index is 2450. The number of anilines is 2. The number of benzene rings is 5. The van der Waals surface area contributed by atoms with E-state index in [4.69, 9.17) is 20.3 Å². The van der Waals surface area contributed by atoms with Gasteiger partial charge >= 0.3 is 12.0 Å². The maximum atomic E-state index is 13.3. The largest absolute Gasteiger partial charge is 0.508 e. The Balaban J connectivity index is 1.29. The Morgan fingerprint density at radius 1 is 0.800 bits per heavy atom. The fourth-order valence-electron chi connectivity index (χ4n) is 6.16. The highest BCUT2D eigenvalue weighted by atomic mass is 32.2. The van der Waals surface area contributed by atoms with Crippen molar-refractivity contribution >= 4 is 43.4 Å². The molecule has 0 aliphatic carbocycles. The number of hydrogen-bond acceptors (Lipinski definition) is 10. The third-order valence-electron chi connectivity index (χ3n) is 8.34. The number of carbonyl (C=O) groups excluding carboxylic acids is 2. The van der Waals surface area contributed by atoms with E-state index in [0.717, 1.165) is 4.90 Å². The molecule has 1 spiro atoms. The number of ether oxygens (including phenoxy) is 2. The number of urea groups is 1. The van der Waals surface area contributed by atoms with E-state index in [1.54, 1.807) is 24.3 Å². The molecule has 0 saturated carbocycles. The van der Waals surface area contributed by atoms with Crippen LogP contribution in [0.3, 0.4) is 0 Å². The molecule has 0 aromatic heterocycles. The predicted octanol–water partition coefficient (Wildman–Crippen LogP) is 4.01. The predicted molar refractivity (Wildman–Crippen MR) is 178 cm³/mol. The number of aromatic hydroxyl groups is 2. The first kappa shape index (κ1) is 32.6. The molecular formula is C34H26N4O10S2. The van der Waals surface area contributed by atoms with Gasteiger partial charge in [0.15, 0.2) is 5.60 Å². The van der Waals surface area contributed by atoms with Crippen LogP contribution in [-0.2, 0) is 36.9 Å². The highest BCUT2D eigenvalue weighted by Gasteiger charge is 2.55. The first-order valence-electron chi connectivity index (χ1n) is 14.7. The molecule has 1 unspecified atom stereocenters. The molecule has 5 aromatic rings. The van der Waals surface area contributed by atoms with Crippen molar-refractivity contribution in [3.63, 3.8) is 0 Å². The summed E-state index contributed by atoms with van der Waals surface area (Å²) in [6.45, 7) is -0.167. The van der Waals surface area contributed by atoms with Crippen molar-refractivity contribution in [2.45, 2.75) is 21.9 Å². The normalized spacial score (nSPS) is 16.1. The number of fused-ring (bicyclic) bond motifs is 6. The third kappa shape index (κ3) is 5.36. The zero-order chi connectivity index (χ0) is 35.6. The summed E-state index contributed by atoms with van der Waals surface area (Å²) in [6.07, 6.45) is 0. The summed E-state index contributed by atoms with van der Waals surface area (Å²) < 4.78 is 64.1. The number of nitrogens with zero attached hydrogens (tertiary/aromatic N) is 1. The number of primary sulfonamides is 1. The fraction of sp³-hybridized carbons (Fsp3) is 0.0588. The summed E-state index contributed by atoms with van der Waals surface area (Å²) in [4.78, 5) is 27.3. The summed E-state index contributed by atoms with van der Waals surface area (Å²) in [7, 11) is -8.02. The topological polar surface area (TPSA) is 229 Å². The number of phenols is 2. The van der Waals surface area contributed by atoms with Crippen LogP contribution in [0.5, 0.6) is 23.0 Å². The van der Waals surface area contributed by atoms with Gasteiger partial charge in [-0.1, -0.05) is 30.3 Å². The van der Waals surface area contributed by atoms with Crippen molar-refractivity contribution in [1.82, 2.24) is 4.72 Å². The molecular weight excluding hydrogens is 689 g/mol. The lowest BCUT2D eigenvalue weighted by Crippen LogP contribution is -2.38. The van der Waals surface area contributed by atoms with Gasteiger partial charge in [0.25, 0.3) is 0 Å². The molecule has 0 radical (unpaired) electrons. The van der Waals surface area contributed by atoms with Crippen LogP contribution in [-0.4, -0.2) is 39.0 Å². The van der Waals surface area contributed by atoms with E-state index in [2.05, 4.69) is 4.72 Å². The average Bonchev–Trinajstić information content (AvgIpc) is 3.35. The number of phenolic OH excluding ortho intramolecular Hbond substituents is 2. The van der Waals surface area contributed by atoms with E-state index < -0.39 is 37.6 Å². The van der Waals surface area contributed by atoms with E-state index in [1.807, 2.05) is 0 Å². The zero-order valence-corrected chi connectivity index (χ0v) is 27.2. The summed E-state index contributed by atoms with van der Waals surface area (Å²) >= 11 is 0. The van der Waals surface area contributed by atoms with Crippen LogP contribution in [0.2, 0.25) is 0 Å². The molecule has 2 aliphatic heterocycles. The maximum absolute atomic E-state index is 13.3. The molecule has 16 heteroatoms. The third-order valence-corrected chi connectivity index (χ3v) is 10.7. The fourth-order valence-corrected chi connectivity index (χ4v) is 7.69. The number of amides is 2. The van der Waals surface area contributed by atoms with Crippen LogP contribution in [0.4, 0.5) is 16.2 Å². The number of hydrogen-bond donors (Lipinski definition) is 5. The zero-order valence-electron chi connectivity index (χ0n) is 25.6. The van der Waals surface area contributed by atoms with Gasteiger partial charge in [-0.2, -0.15) is 0 Å². The highest BCUT2D eigenvalue weighted by molar-refractivity contribution is 7.89. The lowest BCUT2D eigenvalue weighted by atomic mass is 9.76. The molecule has 0 bridgehead atoms. The molecule has 0 fully saturated rings. The van der Waals surface area contributed by atoms with Gasteiger partial charge in [-0.05, 0) is 60.2 Å². The smallest absolute Gasteiger partial charge is 0.340 e. The number of carbonyl (C=O) groups is 2. The molecule has 50 heavy (non-hydrogen) atoms. The van der Waals surface area contributed by atoms with Gasteiger partial charge in [0.05, 0.1) is 32.3 Å². The second-order valence-electron chi connectivity index (χ2n) is 11.4. The molecule has 5 aromatic carbocycles. The molecule has 1 atom stereocenters. The first-order valence-corrected chi connectivity index (χ1v) is 17.7. The molecule has 2 aliphatic rings. The summed E-state index contributed by atoms with van der Waals surface area (Å²) in [5, 5.41) is 26.2. The second kappa shape index (κ2) is 11.6. The Labute approximate surface area is 285 Å². The van der Waals surface area contributed by atoms with Crippen LogP contribution in [0.25, 0.3) is 0 Å². The standard InChI is InChI=1S/C34H26N4O10S2/c35-33(42)38(20-7-12-24(13-8-20)50(45,46)37-18-19-5-10-23(11-6-19)49(36,43)44)28-15-22(40)17-30-31(28)34(27-14-9-21(39)16-29(27)47-30)26-4-2-1-3-25(26)32(41)48-34/h1-17,37,39-40H,18H2,(H2,35,42)(H2,36,43,44). The van der Waals surface area contributed by atoms with Gasteiger partial charge in [-0.15, -0.1) is 0 Å².